The van der Waals surface area contributed by atoms with Crippen LogP contribution in [0, 0.1) is 27.7 Å². The zero-order valence-electron chi connectivity index (χ0n) is 16.9. The van der Waals surface area contributed by atoms with Crippen molar-refractivity contribution >= 4 is 23.5 Å². The number of amides is 1. The molecule has 0 unspecified atom stereocenters. The first-order chi connectivity index (χ1) is 13.2. The number of aryl methyl sites for hydroxylation is 3. The van der Waals surface area contributed by atoms with Crippen molar-refractivity contribution in [3.05, 3.63) is 52.3 Å². The van der Waals surface area contributed by atoms with Crippen molar-refractivity contribution in [1.29, 1.82) is 0 Å². The van der Waals surface area contributed by atoms with Crippen LogP contribution in [0.3, 0.4) is 0 Å². The van der Waals surface area contributed by atoms with Crippen molar-refractivity contribution in [3.8, 4) is 0 Å². The molecule has 0 fully saturated rings. The monoisotopic (exact) mass is 386 g/mol. The Balaban J connectivity index is 1.93. The van der Waals surface area contributed by atoms with Gasteiger partial charge in [-0.25, -0.2) is 4.79 Å². The van der Waals surface area contributed by atoms with Gasteiger partial charge < -0.3 is 19.4 Å². The van der Waals surface area contributed by atoms with Gasteiger partial charge in [-0.2, -0.15) is 0 Å². The normalized spacial score (nSPS) is 10.5. The number of hydrogen-bond donors (Lipinski definition) is 1. The Hall–Kier alpha value is -3.09. The van der Waals surface area contributed by atoms with Crippen LogP contribution in [-0.2, 0) is 25.6 Å². The van der Waals surface area contributed by atoms with E-state index in [2.05, 4.69) is 5.32 Å². The van der Waals surface area contributed by atoms with Crippen LogP contribution in [0.1, 0.15) is 39.8 Å². The van der Waals surface area contributed by atoms with Gasteiger partial charge in [-0.1, -0.05) is 17.7 Å². The van der Waals surface area contributed by atoms with Crippen molar-refractivity contribution < 1.29 is 23.9 Å². The van der Waals surface area contributed by atoms with E-state index in [1.165, 1.54) is 0 Å². The molecule has 0 aliphatic rings. The summed E-state index contributed by atoms with van der Waals surface area (Å²) in [5.74, 6) is -1.40. The van der Waals surface area contributed by atoms with E-state index in [1.54, 1.807) is 31.4 Å². The number of aromatic nitrogens is 1. The zero-order valence-corrected chi connectivity index (χ0v) is 16.9. The van der Waals surface area contributed by atoms with Crippen LogP contribution in [0.2, 0.25) is 0 Å². The first kappa shape index (κ1) is 21.2. The second kappa shape index (κ2) is 9.21. The molecule has 1 amide bonds. The minimum absolute atomic E-state index is 0.0894. The second-order valence-electron chi connectivity index (χ2n) is 6.62. The van der Waals surface area contributed by atoms with Gasteiger partial charge in [-0.15, -0.1) is 0 Å². The van der Waals surface area contributed by atoms with E-state index in [1.807, 2.05) is 32.0 Å². The van der Waals surface area contributed by atoms with E-state index < -0.39 is 17.8 Å². The van der Waals surface area contributed by atoms with Crippen molar-refractivity contribution in [2.24, 2.45) is 0 Å². The Kier molecular flexibility index (Phi) is 6.98. The fourth-order valence-corrected chi connectivity index (χ4v) is 2.92. The largest absolute Gasteiger partial charge is 0.462 e. The van der Waals surface area contributed by atoms with E-state index in [9.17, 15) is 14.4 Å². The van der Waals surface area contributed by atoms with Gasteiger partial charge in [0.2, 0.25) is 0 Å². The van der Waals surface area contributed by atoms with Gasteiger partial charge in [0.05, 0.1) is 12.2 Å². The summed E-state index contributed by atoms with van der Waals surface area (Å²) in [7, 11) is 0. The number of ether oxygens (including phenoxy) is 2. The summed E-state index contributed by atoms with van der Waals surface area (Å²) in [5.41, 5.74) is 4.48. The SMILES string of the molecule is CCOC(=O)c1cc(C)n(CC(=O)OCC(=O)Nc2ccc(C)cc2C)c1C. The van der Waals surface area contributed by atoms with Crippen molar-refractivity contribution in [2.75, 3.05) is 18.5 Å². The summed E-state index contributed by atoms with van der Waals surface area (Å²) in [6.07, 6.45) is 0. The Labute approximate surface area is 164 Å². The molecule has 1 heterocycles. The number of nitrogens with zero attached hydrogens (tertiary/aromatic N) is 1. The van der Waals surface area contributed by atoms with E-state index in [4.69, 9.17) is 9.47 Å². The van der Waals surface area contributed by atoms with Crippen LogP contribution >= 0.6 is 0 Å². The van der Waals surface area contributed by atoms with Gasteiger partial charge in [0.15, 0.2) is 6.61 Å². The highest BCUT2D eigenvalue weighted by Gasteiger charge is 2.19. The van der Waals surface area contributed by atoms with Gasteiger partial charge in [0, 0.05) is 17.1 Å². The van der Waals surface area contributed by atoms with E-state index in [-0.39, 0.29) is 19.8 Å². The number of rotatable bonds is 7. The molecule has 0 aliphatic heterocycles. The van der Waals surface area contributed by atoms with Gasteiger partial charge in [-0.3, -0.25) is 9.59 Å². The average molecular weight is 386 g/mol. The molecule has 28 heavy (non-hydrogen) atoms. The molecule has 7 heteroatoms. The molecule has 0 spiro atoms. The van der Waals surface area contributed by atoms with Crippen molar-refractivity contribution in [2.45, 2.75) is 41.2 Å². The molecular weight excluding hydrogens is 360 g/mol. The molecule has 0 aliphatic carbocycles. The predicted molar refractivity (Wildman–Crippen MR) is 105 cm³/mol. The van der Waals surface area contributed by atoms with Crippen LogP contribution < -0.4 is 5.32 Å². The molecule has 0 radical (unpaired) electrons. The quantitative estimate of drug-likeness (QED) is 0.739. The van der Waals surface area contributed by atoms with Crippen LogP contribution in [0.15, 0.2) is 24.3 Å². The highest BCUT2D eigenvalue weighted by molar-refractivity contribution is 5.93. The third-order valence-electron chi connectivity index (χ3n) is 4.38. The fraction of sp³-hybridized carbons (Fsp3) is 0.381. The standard InChI is InChI=1S/C21H26N2O5/c1-6-27-21(26)17-10-15(4)23(16(17)5)11-20(25)28-12-19(24)22-18-8-7-13(2)9-14(18)3/h7-10H,6,11-12H2,1-5H3,(H,22,24). The van der Waals surface area contributed by atoms with Crippen LogP contribution in [0.25, 0.3) is 0 Å². The summed E-state index contributed by atoms with van der Waals surface area (Å²) < 4.78 is 11.8. The number of carbonyl (C=O) groups excluding carboxylic acids is 3. The first-order valence-corrected chi connectivity index (χ1v) is 9.09. The number of esters is 2. The van der Waals surface area contributed by atoms with Crippen LogP contribution in [0.5, 0.6) is 0 Å². The molecule has 150 valence electrons. The number of anilines is 1. The van der Waals surface area contributed by atoms with Gasteiger partial charge in [0.25, 0.3) is 5.91 Å². The summed E-state index contributed by atoms with van der Waals surface area (Å²) >= 11 is 0. The van der Waals surface area contributed by atoms with Gasteiger partial charge in [-0.05, 0) is 52.3 Å². The van der Waals surface area contributed by atoms with E-state index in [0.29, 0.717) is 16.9 Å². The van der Waals surface area contributed by atoms with E-state index in [0.717, 1.165) is 16.8 Å². The fourth-order valence-electron chi connectivity index (χ4n) is 2.92. The topological polar surface area (TPSA) is 86.6 Å². The van der Waals surface area contributed by atoms with E-state index >= 15 is 0 Å². The Morgan fingerprint density at radius 2 is 1.75 bits per heavy atom. The lowest BCUT2D eigenvalue weighted by molar-refractivity contribution is -0.147. The number of benzene rings is 1. The molecule has 1 aromatic carbocycles. The molecule has 0 saturated carbocycles. The van der Waals surface area contributed by atoms with Crippen LogP contribution in [0.4, 0.5) is 5.69 Å². The lowest BCUT2D eigenvalue weighted by Crippen LogP contribution is -2.24. The number of nitrogens with one attached hydrogen (secondary N) is 1. The Morgan fingerprint density at radius 1 is 1.04 bits per heavy atom. The maximum absolute atomic E-state index is 12.2. The van der Waals surface area contributed by atoms with Gasteiger partial charge in [0.1, 0.15) is 6.54 Å². The minimum atomic E-state index is -0.562. The molecule has 7 nitrogen and oxygen atoms in total. The summed E-state index contributed by atoms with van der Waals surface area (Å²) in [6.45, 7) is 8.93. The lowest BCUT2D eigenvalue weighted by atomic mass is 10.1. The number of carbonyl (C=O) groups is 3. The maximum Gasteiger partial charge on any atom is 0.339 e. The Bertz CT molecular complexity index is 898. The first-order valence-electron chi connectivity index (χ1n) is 9.09. The summed E-state index contributed by atoms with van der Waals surface area (Å²) in [4.78, 5) is 36.1. The summed E-state index contributed by atoms with van der Waals surface area (Å²) in [6, 6.07) is 7.34. The molecule has 0 atom stereocenters. The maximum atomic E-state index is 12.2. The van der Waals surface area contributed by atoms with Gasteiger partial charge >= 0.3 is 11.9 Å². The predicted octanol–water partition coefficient (Wildman–Crippen LogP) is 3.08. The highest BCUT2D eigenvalue weighted by atomic mass is 16.5. The highest BCUT2D eigenvalue weighted by Crippen LogP contribution is 2.17. The Morgan fingerprint density at radius 3 is 2.39 bits per heavy atom. The molecule has 1 N–H and O–H groups in total. The minimum Gasteiger partial charge on any atom is -0.462 e. The molecule has 2 aromatic rings. The lowest BCUT2D eigenvalue weighted by Gasteiger charge is -2.11. The zero-order chi connectivity index (χ0) is 20.8. The number of hydrogen-bond acceptors (Lipinski definition) is 5. The average Bonchev–Trinajstić information content (AvgIpc) is 2.91. The molecule has 1 aromatic heterocycles. The van der Waals surface area contributed by atoms with Crippen molar-refractivity contribution in [3.63, 3.8) is 0 Å². The third-order valence-corrected chi connectivity index (χ3v) is 4.38. The second-order valence-corrected chi connectivity index (χ2v) is 6.62. The molecular formula is C21H26N2O5. The molecule has 0 bridgehead atoms. The summed E-state index contributed by atoms with van der Waals surface area (Å²) in [5, 5.41) is 2.73. The van der Waals surface area contributed by atoms with Crippen LogP contribution in [-0.4, -0.2) is 35.6 Å². The molecule has 0 saturated heterocycles. The van der Waals surface area contributed by atoms with Crippen molar-refractivity contribution in [1.82, 2.24) is 4.57 Å². The third kappa shape index (κ3) is 5.22. The molecule has 2 rings (SSSR count). The smallest absolute Gasteiger partial charge is 0.339 e.